The van der Waals surface area contributed by atoms with Gasteiger partial charge in [0.1, 0.15) is 11.4 Å². The lowest BCUT2D eigenvalue weighted by Gasteiger charge is -2.37. The van der Waals surface area contributed by atoms with E-state index in [0.29, 0.717) is 35.2 Å². The minimum atomic E-state index is -0.515. The Morgan fingerprint density at radius 3 is 3.13 bits per heavy atom. The van der Waals surface area contributed by atoms with Crippen LogP contribution in [0.4, 0.5) is 0 Å². The molecule has 1 aliphatic heterocycles. The van der Waals surface area contributed by atoms with E-state index in [1.807, 2.05) is 0 Å². The van der Waals surface area contributed by atoms with Gasteiger partial charge in [0.15, 0.2) is 5.78 Å². The highest BCUT2D eigenvalue weighted by Gasteiger charge is 2.70. The van der Waals surface area contributed by atoms with Crippen LogP contribution >= 0.6 is 11.6 Å². The smallest absolute Gasteiger partial charge is 0.224 e. The molecule has 4 rings (SSSR count). The summed E-state index contributed by atoms with van der Waals surface area (Å²) in [6, 6.07) is 5.17. The number of benzene rings is 1. The van der Waals surface area contributed by atoms with Crippen molar-refractivity contribution in [1.82, 2.24) is 5.32 Å². The second-order valence-corrected chi connectivity index (χ2v) is 7.13. The van der Waals surface area contributed by atoms with Crippen molar-refractivity contribution < 1.29 is 14.3 Å². The summed E-state index contributed by atoms with van der Waals surface area (Å²) < 4.78 is 6.26. The van der Waals surface area contributed by atoms with E-state index in [2.05, 4.69) is 11.9 Å². The number of ether oxygens (including phenoxy) is 1. The zero-order valence-corrected chi connectivity index (χ0v) is 13.4. The van der Waals surface area contributed by atoms with Gasteiger partial charge in [-0.3, -0.25) is 9.59 Å². The predicted molar refractivity (Wildman–Crippen MR) is 86.7 cm³/mol. The SMILES string of the molecule is C=CCNC(=O)[C@@H]1[C@H]2CC[C@@]3(CC(=O)c4cc(Cl)ccc4O3)[C@@H]21. The van der Waals surface area contributed by atoms with Crippen molar-refractivity contribution in [3.05, 3.63) is 41.4 Å². The number of carbonyl (C=O) groups excluding carboxylic acids is 2. The number of rotatable bonds is 3. The van der Waals surface area contributed by atoms with Crippen molar-refractivity contribution in [2.45, 2.75) is 24.9 Å². The lowest BCUT2D eigenvalue weighted by Crippen LogP contribution is -2.44. The van der Waals surface area contributed by atoms with Crippen LogP contribution in [-0.4, -0.2) is 23.8 Å². The molecule has 1 N–H and O–H groups in total. The molecule has 1 aromatic carbocycles. The summed E-state index contributed by atoms with van der Waals surface area (Å²) in [5.41, 5.74) is 0.0403. The van der Waals surface area contributed by atoms with E-state index in [1.165, 1.54) is 0 Å². The molecule has 1 aromatic rings. The third-order valence-electron chi connectivity index (χ3n) is 5.42. The monoisotopic (exact) mass is 331 g/mol. The highest BCUT2D eigenvalue weighted by Crippen LogP contribution is 2.65. The number of Topliss-reactive ketones (excluding diaryl/α,β-unsaturated/α-hetero) is 1. The van der Waals surface area contributed by atoms with E-state index in [-0.39, 0.29) is 23.5 Å². The van der Waals surface area contributed by atoms with Gasteiger partial charge in [-0.1, -0.05) is 17.7 Å². The molecule has 1 amide bonds. The van der Waals surface area contributed by atoms with Gasteiger partial charge >= 0.3 is 0 Å². The molecule has 0 aromatic heterocycles. The minimum absolute atomic E-state index is 0.0367. The van der Waals surface area contributed by atoms with Crippen LogP contribution in [0, 0.1) is 17.8 Å². The molecule has 0 bridgehead atoms. The molecular weight excluding hydrogens is 314 g/mol. The van der Waals surface area contributed by atoms with Crippen molar-refractivity contribution in [2.24, 2.45) is 17.8 Å². The molecule has 2 saturated carbocycles. The molecule has 23 heavy (non-hydrogen) atoms. The molecule has 1 spiro atoms. The molecule has 120 valence electrons. The number of amides is 1. The standard InChI is InChI=1S/C18H18ClNO3/c1-2-7-20-17(22)15-11-5-6-18(16(11)15)9-13(21)12-8-10(19)3-4-14(12)23-18/h2-4,8,11,15-16H,1,5-7,9H2,(H,20,22)/t11-,15-,16+,18-/m1/s1. The van der Waals surface area contributed by atoms with Gasteiger partial charge in [0.25, 0.3) is 0 Å². The molecule has 1 heterocycles. The van der Waals surface area contributed by atoms with Crippen LogP contribution in [0.5, 0.6) is 5.75 Å². The molecule has 2 aliphatic carbocycles. The van der Waals surface area contributed by atoms with Gasteiger partial charge in [-0.2, -0.15) is 0 Å². The summed E-state index contributed by atoms with van der Waals surface area (Å²) in [5, 5.41) is 3.40. The number of hydrogen-bond donors (Lipinski definition) is 1. The second kappa shape index (κ2) is 5.10. The molecule has 0 unspecified atom stereocenters. The first kappa shape index (κ1) is 14.8. The van der Waals surface area contributed by atoms with Crippen LogP contribution in [-0.2, 0) is 4.79 Å². The lowest BCUT2D eigenvalue weighted by molar-refractivity contribution is -0.123. The van der Waals surface area contributed by atoms with E-state index < -0.39 is 5.60 Å². The predicted octanol–water partition coefficient (Wildman–Crippen LogP) is 3.00. The van der Waals surface area contributed by atoms with Gasteiger partial charge < -0.3 is 10.1 Å². The highest BCUT2D eigenvalue weighted by atomic mass is 35.5. The molecule has 4 nitrogen and oxygen atoms in total. The Morgan fingerprint density at radius 1 is 1.52 bits per heavy atom. The van der Waals surface area contributed by atoms with Crippen molar-refractivity contribution in [3.8, 4) is 5.75 Å². The van der Waals surface area contributed by atoms with Gasteiger partial charge in [-0.05, 0) is 37.0 Å². The third kappa shape index (κ3) is 2.19. The van der Waals surface area contributed by atoms with Gasteiger partial charge in [-0.25, -0.2) is 0 Å². The second-order valence-electron chi connectivity index (χ2n) is 6.70. The number of ketones is 1. The van der Waals surface area contributed by atoms with Crippen molar-refractivity contribution in [1.29, 1.82) is 0 Å². The fourth-order valence-electron chi connectivity index (χ4n) is 4.43. The summed E-state index contributed by atoms with van der Waals surface area (Å²) in [7, 11) is 0. The summed E-state index contributed by atoms with van der Waals surface area (Å²) >= 11 is 5.97. The van der Waals surface area contributed by atoms with Gasteiger partial charge in [0.2, 0.25) is 5.91 Å². The van der Waals surface area contributed by atoms with Crippen LogP contribution in [0.2, 0.25) is 5.02 Å². The number of fused-ring (bicyclic) bond motifs is 3. The largest absolute Gasteiger partial charge is 0.486 e. The zero-order valence-electron chi connectivity index (χ0n) is 12.7. The quantitative estimate of drug-likeness (QED) is 0.866. The summed E-state index contributed by atoms with van der Waals surface area (Å²) in [5.74, 6) is 1.15. The van der Waals surface area contributed by atoms with E-state index in [4.69, 9.17) is 16.3 Å². The average molecular weight is 332 g/mol. The topological polar surface area (TPSA) is 55.4 Å². The van der Waals surface area contributed by atoms with Crippen molar-refractivity contribution >= 4 is 23.3 Å². The average Bonchev–Trinajstić information content (AvgIpc) is 3.18. The highest BCUT2D eigenvalue weighted by molar-refractivity contribution is 6.31. The fraction of sp³-hybridized carbons (Fsp3) is 0.444. The van der Waals surface area contributed by atoms with E-state index in [9.17, 15) is 9.59 Å². The van der Waals surface area contributed by atoms with Gasteiger partial charge in [-0.15, -0.1) is 6.58 Å². The Labute approximate surface area is 139 Å². The molecule has 0 radical (unpaired) electrons. The van der Waals surface area contributed by atoms with Crippen molar-refractivity contribution in [2.75, 3.05) is 6.54 Å². The van der Waals surface area contributed by atoms with Crippen LogP contribution in [0.3, 0.4) is 0 Å². The van der Waals surface area contributed by atoms with Gasteiger partial charge in [0.05, 0.1) is 12.0 Å². The normalized spacial score (nSPS) is 33.6. The maximum atomic E-state index is 12.6. The number of halogens is 1. The van der Waals surface area contributed by atoms with Gasteiger partial charge in [0, 0.05) is 23.4 Å². The molecule has 3 aliphatic rings. The number of hydrogen-bond acceptors (Lipinski definition) is 3. The molecule has 2 fully saturated rings. The Kier molecular flexibility index (Phi) is 3.27. The van der Waals surface area contributed by atoms with E-state index in [0.717, 1.165) is 12.8 Å². The number of nitrogens with one attached hydrogen (secondary N) is 1. The van der Waals surface area contributed by atoms with Crippen LogP contribution < -0.4 is 10.1 Å². The van der Waals surface area contributed by atoms with E-state index >= 15 is 0 Å². The first-order valence-electron chi connectivity index (χ1n) is 7.96. The lowest BCUT2D eigenvalue weighted by atomic mass is 9.84. The Bertz CT molecular complexity index is 716. The maximum Gasteiger partial charge on any atom is 0.224 e. The molecule has 0 saturated heterocycles. The minimum Gasteiger partial charge on any atom is -0.486 e. The first-order chi connectivity index (χ1) is 11.1. The molecule has 4 atom stereocenters. The molecular formula is C18H18ClNO3. The Morgan fingerprint density at radius 2 is 2.35 bits per heavy atom. The molecule has 5 heteroatoms. The number of carbonyl (C=O) groups is 2. The van der Waals surface area contributed by atoms with E-state index in [1.54, 1.807) is 24.3 Å². The van der Waals surface area contributed by atoms with Crippen LogP contribution in [0.1, 0.15) is 29.6 Å². The summed E-state index contributed by atoms with van der Waals surface area (Å²) in [6.07, 6.45) is 3.79. The van der Waals surface area contributed by atoms with Crippen LogP contribution in [0.25, 0.3) is 0 Å². The summed E-state index contributed by atoms with van der Waals surface area (Å²) in [4.78, 5) is 24.8. The van der Waals surface area contributed by atoms with Crippen LogP contribution in [0.15, 0.2) is 30.9 Å². The first-order valence-corrected chi connectivity index (χ1v) is 8.34. The maximum absolute atomic E-state index is 12.6. The third-order valence-corrected chi connectivity index (χ3v) is 5.65. The van der Waals surface area contributed by atoms with Crippen molar-refractivity contribution in [3.63, 3.8) is 0 Å². The Balaban J connectivity index is 1.59. The summed E-state index contributed by atoms with van der Waals surface area (Å²) in [6.45, 7) is 4.09. The Hall–Kier alpha value is -1.81. The fourth-order valence-corrected chi connectivity index (χ4v) is 4.60. The zero-order chi connectivity index (χ0) is 16.2.